The average Bonchev–Trinajstić information content (AvgIpc) is 2.24. The van der Waals surface area contributed by atoms with Crippen molar-refractivity contribution in [1.82, 2.24) is 9.97 Å². The molecule has 1 N–H and O–H groups in total. The Hall–Kier alpha value is -1.22. The topological polar surface area (TPSA) is 46.0 Å². The van der Waals surface area contributed by atoms with Crippen LogP contribution in [0.25, 0.3) is 0 Å². The van der Waals surface area contributed by atoms with E-state index in [9.17, 15) is 5.11 Å². The van der Waals surface area contributed by atoms with E-state index in [0.29, 0.717) is 5.92 Å². The van der Waals surface area contributed by atoms with Gasteiger partial charge in [0.25, 0.3) is 0 Å². The molecule has 1 aliphatic rings. The molecule has 0 aliphatic heterocycles. The Bertz CT molecular complexity index is 336. The number of hydrogen-bond donors (Lipinski definition) is 1. The van der Waals surface area contributed by atoms with Crippen LogP contribution in [-0.2, 0) is 5.60 Å². The van der Waals surface area contributed by atoms with Gasteiger partial charge in [-0.2, -0.15) is 0 Å². The highest BCUT2D eigenvalue weighted by Crippen LogP contribution is 2.33. The fraction of sp³-hybridized carbons (Fsp3) is 0.455. The first kappa shape index (κ1) is 9.34. The van der Waals surface area contributed by atoms with E-state index in [1.165, 1.54) is 6.33 Å². The van der Waals surface area contributed by atoms with Crippen molar-refractivity contribution in [2.75, 3.05) is 0 Å². The Labute approximate surface area is 83.5 Å². The molecular formula is C11H14N2O. The molecule has 3 heteroatoms. The van der Waals surface area contributed by atoms with E-state index in [2.05, 4.69) is 23.0 Å². The van der Waals surface area contributed by atoms with Gasteiger partial charge in [0, 0.05) is 18.0 Å². The molecule has 0 spiro atoms. The van der Waals surface area contributed by atoms with Crippen LogP contribution in [0.5, 0.6) is 0 Å². The largest absolute Gasteiger partial charge is 0.381 e. The van der Waals surface area contributed by atoms with Crippen molar-refractivity contribution in [3.8, 4) is 0 Å². The van der Waals surface area contributed by atoms with Gasteiger partial charge in [-0.05, 0) is 18.8 Å². The Morgan fingerprint density at radius 3 is 2.71 bits per heavy atom. The van der Waals surface area contributed by atoms with Gasteiger partial charge in [-0.3, -0.25) is 0 Å². The van der Waals surface area contributed by atoms with Crippen LogP contribution in [0.1, 0.15) is 25.3 Å². The smallest absolute Gasteiger partial charge is 0.115 e. The molecular weight excluding hydrogens is 176 g/mol. The van der Waals surface area contributed by atoms with Crippen LogP contribution in [0, 0.1) is 5.92 Å². The third kappa shape index (κ3) is 1.68. The second-order valence-electron chi connectivity index (χ2n) is 3.93. The van der Waals surface area contributed by atoms with Crippen molar-refractivity contribution < 1.29 is 5.11 Å². The number of allylic oxidation sites excluding steroid dienone is 1. The van der Waals surface area contributed by atoms with Gasteiger partial charge in [0.1, 0.15) is 11.9 Å². The molecule has 14 heavy (non-hydrogen) atoms. The number of rotatable bonds is 1. The second kappa shape index (κ2) is 3.50. The normalized spacial score (nSPS) is 31.7. The maximum Gasteiger partial charge on any atom is 0.115 e. The zero-order valence-electron chi connectivity index (χ0n) is 8.22. The molecule has 74 valence electrons. The van der Waals surface area contributed by atoms with Gasteiger partial charge >= 0.3 is 0 Å². The quantitative estimate of drug-likeness (QED) is 0.685. The van der Waals surface area contributed by atoms with Crippen molar-refractivity contribution in [2.24, 2.45) is 5.92 Å². The molecule has 3 nitrogen and oxygen atoms in total. The summed E-state index contributed by atoms with van der Waals surface area (Å²) in [6.45, 7) is 2.15. The van der Waals surface area contributed by atoms with Crippen LogP contribution in [0.4, 0.5) is 0 Å². The summed E-state index contributed by atoms with van der Waals surface area (Å²) in [6, 6.07) is 0. The summed E-state index contributed by atoms with van der Waals surface area (Å²) >= 11 is 0. The first-order valence-corrected chi connectivity index (χ1v) is 4.88. The first-order valence-electron chi connectivity index (χ1n) is 4.88. The Balaban J connectivity index is 2.30. The van der Waals surface area contributed by atoms with Crippen molar-refractivity contribution >= 4 is 0 Å². The fourth-order valence-corrected chi connectivity index (χ4v) is 1.71. The lowest BCUT2D eigenvalue weighted by Crippen LogP contribution is -2.26. The molecule has 1 heterocycles. The third-order valence-corrected chi connectivity index (χ3v) is 2.74. The Morgan fingerprint density at radius 1 is 1.43 bits per heavy atom. The highest BCUT2D eigenvalue weighted by Gasteiger charge is 2.29. The molecule has 1 aromatic rings. The van der Waals surface area contributed by atoms with E-state index >= 15 is 0 Å². The predicted octanol–water partition coefficient (Wildman–Crippen LogP) is 1.65. The van der Waals surface area contributed by atoms with E-state index in [-0.39, 0.29) is 0 Å². The zero-order valence-corrected chi connectivity index (χ0v) is 8.22. The molecule has 1 aliphatic carbocycles. The second-order valence-corrected chi connectivity index (χ2v) is 3.93. The average molecular weight is 190 g/mol. The standard InChI is InChI=1S/C11H14N2O/c1-9-2-4-11(14,5-3-9)10-6-12-8-13-7-10/h2,4,6-9,14H,3,5H2,1H3. The van der Waals surface area contributed by atoms with Gasteiger partial charge in [0.2, 0.25) is 0 Å². The number of nitrogens with zero attached hydrogens (tertiary/aromatic N) is 2. The van der Waals surface area contributed by atoms with E-state index < -0.39 is 5.60 Å². The molecule has 2 atom stereocenters. The number of hydrogen-bond acceptors (Lipinski definition) is 3. The monoisotopic (exact) mass is 190 g/mol. The molecule has 0 fully saturated rings. The van der Waals surface area contributed by atoms with Crippen molar-refractivity contribution in [3.05, 3.63) is 36.4 Å². The van der Waals surface area contributed by atoms with E-state index in [1.54, 1.807) is 12.4 Å². The molecule has 0 saturated heterocycles. The molecule has 2 unspecified atom stereocenters. The molecule has 2 rings (SSSR count). The van der Waals surface area contributed by atoms with E-state index in [4.69, 9.17) is 0 Å². The summed E-state index contributed by atoms with van der Waals surface area (Å²) in [6.07, 6.45) is 10.5. The highest BCUT2D eigenvalue weighted by molar-refractivity contribution is 5.23. The molecule has 1 aromatic heterocycles. The summed E-state index contributed by atoms with van der Waals surface area (Å²) in [7, 11) is 0. The minimum Gasteiger partial charge on any atom is -0.381 e. The maximum absolute atomic E-state index is 10.3. The predicted molar refractivity (Wildman–Crippen MR) is 53.5 cm³/mol. The number of aliphatic hydroxyl groups is 1. The van der Waals surface area contributed by atoms with Crippen molar-refractivity contribution in [1.29, 1.82) is 0 Å². The summed E-state index contributed by atoms with van der Waals surface area (Å²) < 4.78 is 0. The molecule has 0 saturated carbocycles. The van der Waals surface area contributed by atoms with Crippen LogP contribution < -0.4 is 0 Å². The summed E-state index contributed by atoms with van der Waals surface area (Å²) in [5.41, 5.74) is -0.0727. The van der Waals surface area contributed by atoms with Crippen molar-refractivity contribution in [3.63, 3.8) is 0 Å². The van der Waals surface area contributed by atoms with Crippen LogP contribution in [0.3, 0.4) is 0 Å². The summed E-state index contributed by atoms with van der Waals surface area (Å²) in [5, 5.41) is 10.3. The van der Waals surface area contributed by atoms with Crippen LogP contribution in [0.2, 0.25) is 0 Å². The molecule has 0 aromatic carbocycles. The first-order chi connectivity index (χ1) is 6.71. The van der Waals surface area contributed by atoms with Gasteiger partial charge in [-0.25, -0.2) is 9.97 Å². The summed E-state index contributed by atoms with van der Waals surface area (Å²) in [5.74, 6) is 0.555. The van der Waals surface area contributed by atoms with E-state index in [1.807, 2.05) is 6.08 Å². The SMILES string of the molecule is CC1C=CC(O)(c2cncnc2)CC1. The van der Waals surface area contributed by atoms with Gasteiger partial charge in [-0.1, -0.05) is 19.1 Å². The molecule has 0 amide bonds. The third-order valence-electron chi connectivity index (χ3n) is 2.74. The Kier molecular flexibility index (Phi) is 2.33. The van der Waals surface area contributed by atoms with Gasteiger partial charge in [0.05, 0.1) is 0 Å². The Morgan fingerprint density at radius 2 is 2.14 bits per heavy atom. The highest BCUT2D eigenvalue weighted by atomic mass is 16.3. The fourth-order valence-electron chi connectivity index (χ4n) is 1.71. The van der Waals surface area contributed by atoms with Gasteiger partial charge in [-0.15, -0.1) is 0 Å². The van der Waals surface area contributed by atoms with Gasteiger partial charge < -0.3 is 5.11 Å². The summed E-state index contributed by atoms with van der Waals surface area (Å²) in [4.78, 5) is 7.84. The lowest BCUT2D eigenvalue weighted by molar-refractivity contribution is 0.0666. The molecule has 0 radical (unpaired) electrons. The molecule has 0 bridgehead atoms. The van der Waals surface area contributed by atoms with E-state index in [0.717, 1.165) is 18.4 Å². The minimum atomic E-state index is -0.853. The minimum absolute atomic E-state index is 0.555. The zero-order chi connectivity index (χ0) is 10.0. The van der Waals surface area contributed by atoms with Crippen LogP contribution >= 0.6 is 0 Å². The maximum atomic E-state index is 10.3. The lowest BCUT2D eigenvalue weighted by Gasteiger charge is -2.29. The van der Waals surface area contributed by atoms with Crippen molar-refractivity contribution in [2.45, 2.75) is 25.4 Å². The van der Waals surface area contributed by atoms with Crippen LogP contribution in [-0.4, -0.2) is 15.1 Å². The number of aromatic nitrogens is 2. The van der Waals surface area contributed by atoms with Gasteiger partial charge in [0.15, 0.2) is 0 Å². The van der Waals surface area contributed by atoms with Crippen LogP contribution in [0.15, 0.2) is 30.9 Å². The lowest BCUT2D eigenvalue weighted by atomic mass is 9.82.